The Balaban J connectivity index is 1.69. The van der Waals surface area contributed by atoms with Gasteiger partial charge in [0, 0.05) is 5.56 Å². The van der Waals surface area contributed by atoms with E-state index in [9.17, 15) is 9.59 Å². The molecule has 0 atom stereocenters. The SMILES string of the molecule is O=C(O)COc1ccc(/C=N/NC(=O)c2cccc3ccccc23)cc1Br. The number of hydrogen-bond donors (Lipinski definition) is 2. The van der Waals surface area contributed by atoms with Gasteiger partial charge in [0.05, 0.1) is 10.7 Å². The number of ether oxygens (including phenoxy) is 1. The molecule has 3 rings (SSSR count). The molecule has 0 aromatic heterocycles. The van der Waals surface area contributed by atoms with Crippen LogP contribution >= 0.6 is 15.9 Å². The molecule has 2 N–H and O–H groups in total. The average Bonchev–Trinajstić information content (AvgIpc) is 2.66. The quantitative estimate of drug-likeness (QED) is 0.463. The van der Waals surface area contributed by atoms with E-state index in [1.165, 1.54) is 6.21 Å². The molecule has 27 heavy (non-hydrogen) atoms. The summed E-state index contributed by atoms with van der Waals surface area (Å²) in [6, 6.07) is 18.2. The molecule has 0 radical (unpaired) electrons. The van der Waals surface area contributed by atoms with E-state index in [0.29, 0.717) is 21.3 Å². The van der Waals surface area contributed by atoms with Gasteiger partial charge in [-0.2, -0.15) is 5.10 Å². The normalized spacial score (nSPS) is 10.9. The number of hydrogen-bond acceptors (Lipinski definition) is 4. The van der Waals surface area contributed by atoms with Crippen molar-refractivity contribution >= 4 is 44.8 Å². The van der Waals surface area contributed by atoms with Crippen LogP contribution in [0.15, 0.2) is 70.2 Å². The van der Waals surface area contributed by atoms with Crippen molar-refractivity contribution in [2.24, 2.45) is 5.10 Å². The predicted molar refractivity (Wildman–Crippen MR) is 106 cm³/mol. The molecule has 6 nitrogen and oxygen atoms in total. The zero-order valence-electron chi connectivity index (χ0n) is 14.1. The second-order valence-corrected chi connectivity index (χ2v) is 6.45. The summed E-state index contributed by atoms with van der Waals surface area (Å²) in [6.45, 7) is -0.423. The number of carboxylic acids is 1. The Kier molecular flexibility index (Phi) is 5.83. The predicted octanol–water partition coefficient (Wildman–Crippen LogP) is 3.83. The lowest BCUT2D eigenvalue weighted by atomic mass is 10.0. The van der Waals surface area contributed by atoms with Crippen molar-refractivity contribution < 1.29 is 19.4 Å². The number of halogens is 1. The first kappa shape index (κ1) is 18.6. The van der Waals surface area contributed by atoms with Gasteiger partial charge in [-0.1, -0.05) is 36.4 Å². The molecule has 1 amide bonds. The van der Waals surface area contributed by atoms with E-state index in [2.05, 4.69) is 26.5 Å². The van der Waals surface area contributed by atoms with Gasteiger partial charge < -0.3 is 9.84 Å². The minimum absolute atomic E-state index is 0.302. The van der Waals surface area contributed by atoms with Crippen LogP contribution in [0.5, 0.6) is 5.75 Å². The molecule has 136 valence electrons. The maximum Gasteiger partial charge on any atom is 0.341 e. The van der Waals surface area contributed by atoms with Crippen LogP contribution in [0.25, 0.3) is 10.8 Å². The Labute approximate surface area is 163 Å². The van der Waals surface area contributed by atoms with Gasteiger partial charge in [0.2, 0.25) is 0 Å². The number of rotatable bonds is 6. The zero-order chi connectivity index (χ0) is 19.2. The first-order valence-corrected chi connectivity index (χ1v) is 8.79. The third-order valence-electron chi connectivity index (χ3n) is 3.72. The number of amides is 1. The van der Waals surface area contributed by atoms with E-state index in [-0.39, 0.29) is 5.91 Å². The second kappa shape index (κ2) is 8.46. The number of nitrogens with zero attached hydrogens (tertiary/aromatic N) is 1. The highest BCUT2D eigenvalue weighted by molar-refractivity contribution is 9.10. The maximum absolute atomic E-state index is 12.4. The highest BCUT2D eigenvalue weighted by Gasteiger charge is 2.08. The van der Waals surface area contributed by atoms with Gasteiger partial charge in [-0.05, 0) is 56.5 Å². The molecule has 0 aliphatic heterocycles. The Bertz CT molecular complexity index is 1030. The Morgan fingerprint density at radius 1 is 1.11 bits per heavy atom. The zero-order valence-corrected chi connectivity index (χ0v) is 15.6. The molecule has 0 saturated heterocycles. The molecule has 7 heteroatoms. The molecule has 0 spiro atoms. The lowest BCUT2D eigenvalue weighted by molar-refractivity contribution is -0.139. The van der Waals surface area contributed by atoms with Crippen molar-refractivity contribution in [3.05, 3.63) is 76.3 Å². The number of benzene rings is 3. The van der Waals surface area contributed by atoms with Crippen molar-refractivity contribution in [1.82, 2.24) is 5.43 Å². The van der Waals surface area contributed by atoms with Crippen LogP contribution in [0.1, 0.15) is 15.9 Å². The minimum Gasteiger partial charge on any atom is -0.481 e. The summed E-state index contributed by atoms with van der Waals surface area (Å²) in [5.41, 5.74) is 3.78. The van der Waals surface area contributed by atoms with E-state index in [1.54, 1.807) is 24.3 Å². The first-order valence-electron chi connectivity index (χ1n) is 8.00. The number of nitrogens with one attached hydrogen (secondary N) is 1. The summed E-state index contributed by atoms with van der Waals surface area (Å²) in [5, 5.41) is 14.5. The van der Waals surface area contributed by atoms with Crippen LogP contribution in [0.3, 0.4) is 0 Å². The minimum atomic E-state index is -1.05. The summed E-state index contributed by atoms with van der Waals surface area (Å²) >= 11 is 3.32. The fourth-order valence-corrected chi connectivity index (χ4v) is 3.01. The van der Waals surface area contributed by atoms with Gasteiger partial charge in [0.25, 0.3) is 5.91 Å². The Hall–Kier alpha value is -3.19. The van der Waals surface area contributed by atoms with Crippen LogP contribution in [0, 0.1) is 0 Å². The topological polar surface area (TPSA) is 88.0 Å². The number of carbonyl (C=O) groups is 2. The van der Waals surface area contributed by atoms with E-state index < -0.39 is 12.6 Å². The number of fused-ring (bicyclic) bond motifs is 1. The van der Waals surface area contributed by atoms with Gasteiger partial charge >= 0.3 is 5.97 Å². The standard InChI is InChI=1S/C20H15BrN2O4/c21-17-10-13(8-9-18(17)27-12-19(24)25)11-22-23-20(26)16-7-3-5-14-4-1-2-6-15(14)16/h1-11H,12H2,(H,23,26)(H,24,25)/b22-11+. The second-order valence-electron chi connectivity index (χ2n) is 5.60. The Morgan fingerprint density at radius 2 is 1.89 bits per heavy atom. The van der Waals surface area contributed by atoms with Gasteiger partial charge in [-0.25, -0.2) is 10.2 Å². The van der Waals surface area contributed by atoms with Crippen LogP contribution in [0.4, 0.5) is 0 Å². The van der Waals surface area contributed by atoms with Crippen LogP contribution in [-0.2, 0) is 4.79 Å². The lowest BCUT2D eigenvalue weighted by Crippen LogP contribution is -2.17. The fourth-order valence-electron chi connectivity index (χ4n) is 2.50. The van der Waals surface area contributed by atoms with E-state index >= 15 is 0 Å². The number of hydrazone groups is 1. The molecular weight excluding hydrogens is 412 g/mol. The monoisotopic (exact) mass is 426 g/mol. The molecular formula is C20H15BrN2O4. The van der Waals surface area contributed by atoms with Crippen molar-refractivity contribution in [3.8, 4) is 5.75 Å². The molecule has 0 aliphatic carbocycles. The summed E-state index contributed by atoms with van der Waals surface area (Å²) in [5.74, 6) is -0.943. The number of carbonyl (C=O) groups excluding carboxylic acids is 1. The third kappa shape index (κ3) is 4.71. The maximum atomic E-state index is 12.4. The van der Waals surface area contributed by atoms with Gasteiger partial charge in [-0.15, -0.1) is 0 Å². The number of aliphatic carboxylic acids is 1. The third-order valence-corrected chi connectivity index (χ3v) is 4.34. The highest BCUT2D eigenvalue weighted by atomic mass is 79.9. The molecule has 0 aliphatic rings. The smallest absolute Gasteiger partial charge is 0.341 e. The molecule has 3 aromatic carbocycles. The molecule has 0 fully saturated rings. The highest BCUT2D eigenvalue weighted by Crippen LogP contribution is 2.25. The lowest BCUT2D eigenvalue weighted by Gasteiger charge is -2.06. The van der Waals surface area contributed by atoms with E-state index in [4.69, 9.17) is 9.84 Å². The van der Waals surface area contributed by atoms with E-state index in [1.807, 2.05) is 36.4 Å². The Morgan fingerprint density at radius 3 is 2.67 bits per heavy atom. The van der Waals surface area contributed by atoms with Gasteiger partial charge in [0.15, 0.2) is 6.61 Å². The fraction of sp³-hybridized carbons (Fsp3) is 0.0500. The van der Waals surface area contributed by atoms with Gasteiger partial charge in [-0.3, -0.25) is 4.79 Å². The molecule has 3 aromatic rings. The molecule has 0 bridgehead atoms. The largest absolute Gasteiger partial charge is 0.481 e. The van der Waals surface area contributed by atoms with Crippen molar-refractivity contribution in [3.63, 3.8) is 0 Å². The first-order chi connectivity index (χ1) is 13.0. The summed E-state index contributed by atoms with van der Waals surface area (Å²) < 4.78 is 5.72. The molecule has 0 heterocycles. The summed E-state index contributed by atoms with van der Waals surface area (Å²) in [6.07, 6.45) is 1.49. The summed E-state index contributed by atoms with van der Waals surface area (Å²) in [4.78, 5) is 23.0. The van der Waals surface area contributed by atoms with Crippen LogP contribution in [0.2, 0.25) is 0 Å². The van der Waals surface area contributed by atoms with Gasteiger partial charge in [0.1, 0.15) is 5.75 Å². The average molecular weight is 427 g/mol. The van der Waals surface area contributed by atoms with Crippen molar-refractivity contribution in [2.45, 2.75) is 0 Å². The molecule has 0 saturated carbocycles. The molecule has 0 unspecified atom stereocenters. The van der Waals surface area contributed by atoms with Crippen molar-refractivity contribution in [2.75, 3.05) is 6.61 Å². The summed E-state index contributed by atoms with van der Waals surface area (Å²) in [7, 11) is 0. The van der Waals surface area contributed by atoms with Crippen LogP contribution < -0.4 is 10.2 Å². The van der Waals surface area contributed by atoms with Crippen molar-refractivity contribution in [1.29, 1.82) is 0 Å². The van der Waals surface area contributed by atoms with Crippen LogP contribution in [-0.4, -0.2) is 29.8 Å². The van der Waals surface area contributed by atoms with E-state index in [0.717, 1.165) is 10.8 Å². The number of carboxylic acid groups (broad SMARTS) is 1.